The Morgan fingerprint density at radius 2 is 2.17 bits per heavy atom. The predicted molar refractivity (Wildman–Crippen MR) is 70.6 cm³/mol. The number of nitrogens with one attached hydrogen (secondary N) is 1. The molecule has 1 aromatic rings. The molecule has 2 N–H and O–H groups in total. The van der Waals surface area contributed by atoms with Crippen LogP contribution in [0.3, 0.4) is 0 Å². The van der Waals surface area contributed by atoms with Gasteiger partial charge in [-0.15, -0.1) is 0 Å². The lowest BCUT2D eigenvalue weighted by molar-refractivity contribution is -0.123. The number of benzene rings is 1. The van der Waals surface area contributed by atoms with Crippen molar-refractivity contribution in [2.24, 2.45) is 0 Å². The Morgan fingerprint density at radius 3 is 2.78 bits per heavy atom. The maximum Gasteiger partial charge on any atom is 0.223 e. The molecular weight excluding hydrogens is 230 g/mol. The van der Waals surface area contributed by atoms with Crippen LogP contribution in [0.5, 0.6) is 5.75 Å². The molecule has 0 bridgehead atoms. The minimum Gasteiger partial charge on any atom is -0.493 e. The Bertz CT molecular complexity index is 402. The smallest absolute Gasteiger partial charge is 0.223 e. The number of ether oxygens (including phenoxy) is 1. The van der Waals surface area contributed by atoms with Crippen molar-refractivity contribution in [3.05, 3.63) is 29.8 Å². The fourth-order valence-electron chi connectivity index (χ4n) is 1.45. The lowest BCUT2D eigenvalue weighted by atomic mass is 10.1. The third-order valence-electron chi connectivity index (χ3n) is 2.46. The fraction of sp³-hybridized carbons (Fsp3) is 0.500. The topological polar surface area (TPSA) is 58.6 Å². The molecule has 100 valence electrons. The molecule has 4 nitrogen and oxygen atoms in total. The summed E-state index contributed by atoms with van der Waals surface area (Å²) in [5, 5.41) is 11.8. The number of carbonyl (C=O) groups excluding carboxylic acids is 1. The zero-order valence-electron chi connectivity index (χ0n) is 11.2. The highest BCUT2D eigenvalue weighted by atomic mass is 16.5. The second-order valence-corrected chi connectivity index (χ2v) is 5.01. The van der Waals surface area contributed by atoms with E-state index in [1.165, 1.54) is 0 Å². The Balaban J connectivity index is 2.32. The number of carbonyl (C=O) groups is 1. The van der Waals surface area contributed by atoms with Crippen LogP contribution in [0, 0.1) is 6.92 Å². The highest BCUT2D eigenvalue weighted by molar-refractivity contribution is 5.76. The third kappa shape index (κ3) is 5.19. The average molecular weight is 251 g/mol. The largest absolute Gasteiger partial charge is 0.493 e. The van der Waals surface area contributed by atoms with E-state index in [4.69, 9.17) is 9.84 Å². The molecule has 0 aliphatic rings. The van der Waals surface area contributed by atoms with Gasteiger partial charge in [0.15, 0.2) is 0 Å². The van der Waals surface area contributed by atoms with Gasteiger partial charge >= 0.3 is 0 Å². The van der Waals surface area contributed by atoms with Crippen LogP contribution >= 0.6 is 0 Å². The molecule has 0 unspecified atom stereocenters. The summed E-state index contributed by atoms with van der Waals surface area (Å²) in [5.41, 5.74) is 0.541. The first-order valence-electron chi connectivity index (χ1n) is 6.04. The van der Waals surface area contributed by atoms with Gasteiger partial charge in [-0.2, -0.15) is 0 Å². The van der Waals surface area contributed by atoms with Gasteiger partial charge in [0.2, 0.25) is 5.91 Å². The van der Waals surface area contributed by atoms with Gasteiger partial charge in [-0.05, 0) is 38.5 Å². The van der Waals surface area contributed by atoms with Crippen molar-refractivity contribution in [2.45, 2.75) is 32.7 Å². The Hall–Kier alpha value is -1.55. The summed E-state index contributed by atoms with van der Waals surface area (Å²) < 4.78 is 5.48. The fourth-order valence-corrected chi connectivity index (χ4v) is 1.45. The molecule has 0 aliphatic heterocycles. The molecule has 0 heterocycles. The van der Waals surface area contributed by atoms with Crippen LogP contribution in [0.15, 0.2) is 24.3 Å². The van der Waals surface area contributed by atoms with Crippen molar-refractivity contribution in [3.63, 3.8) is 0 Å². The van der Waals surface area contributed by atoms with Crippen LogP contribution in [0.2, 0.25) is 0 Å². The van der Waals surface area contributed by atoms with Gasteiger partial charge in [-0.1, -0.05) is 12.1 Å². The first-order valence-corrected chi connectivity index (χ1v) is 6.04. The van der Waals surface area contributed by atoms with Crippen molar-refractivity contribution < 1.29 is 14.6 Å². The maximum absolute atomic E-state index is 11.6. The number of aliphatic hydroxyl groups is 1. The molecule has 1 amide bonds. The summed E-state index contributed by atoms with van der Waals surface area (Å²) in [6, 6.07) is 7.70. The van der Waals surface area contributed by atoms with Crippen LogP contribution in [0.4, 0.5) is 0 Å². The molecule has 0 spiro atoms. The van der Waals surface area contributed by atoms with Crippen molar-refractivity contribution in [1.82, 2.24) is 5.32 Å². The van der Waals surface area contributed by atoms with E-state index >= 15 is 0 Å². The first kappa shape index (κ1) is 14.5. The summed E-state index contributed by atoms with van der Waals surface area (Å²) in [5.74, 6) is 0.644. The summed E-state index contributed by atoms with van der Waals surface area (Å²) in [7, 11) is 0. The van der Waals surface area contributed by atoms with Gasteiger partial charge in [-0.3, -0.25) is 4.79 Å². The molecule has 4 heteroatoms. The van der Waals surface area contributed by atoms with E-state index in [0.717, 1.165) is 11.3 Å². The molecule has 1 aromatic carbocycles. The van der Waals surface area contributed by atoms with Crippen molar-refractivity contribution >= 4 is 5.91 Å². The quantitative estimate of drug-likeness (QED) is 0.808. The Kier molecular flexibility index (Phi) is 5.16. The van der Waals surface area contributed by atoms with Crippen LogP contribution in [-0.2, 0) is 4.79 Å². The SMILES string of the molecule is Cc1cccc(OCCC(=O)NC(C)(C)CO)c1. The molecule has 0 saturated heterocycles. The monoisotopic (exact) mass is 251 g/mol. The number of hydrogen-bond acceptors (Lipinski definition) is 3. The van der Waals surface area contributed by atoms with Gasteiger partial charge in [0.05, 0.1) is 25.2 Å². The zero-order chi connectivity index (χ0) is 13.6. The highest BCUT2D eigenvalue weighted by Crippen LogP contribution is 2.12. The van der Waals surface area contributed by atoms with Crippen molar-refractivity contribution in [3.8, 4) is 5.75 Å². The second-order valence-electron chi connectivity index (χ2n) is 5.01. The minimum absolute atomic E-state index is 0.0858. The Labute approximate surface area is 108 Å². The van der Waals surface area contributed by atoms with E-state index in [9.17, 15) is 4.79 Å². The van der Waals surface area contributed by atoms with Gasteiger partial charge in [0.25, 0.3) is 0 Å². The standard InChI is InChI=1S/C14H21NO3/c1-11-5-4-6-12(9-11)18-8-7-13(17)15-14(2,3)10-16/h4-6,9,16H,7-8,10H2,1-3H3,(H,15,17). The summed E-state index contributed by atoms with van der Waals surface area (Å²) in [6.07, 6.45) is 0.275. The van der Waals surface area contributed by atoms with Crippen molar-refractivity contribution in [1.29, 1.82) is 0 Å². The lowest BCUT2D eigenvalue weighted by Crippen LogP contribution is -2.46. The molecular formula is C14H21NO3. The summed E-state index contributed by atoms with van der Waals surface area (Å²) in [4.78, 5) is 11.6. The van der Waals surface area contributed by atoms with Gasteiger partial charge in [-0.25, -0.2) is 0 Å². The predicted octanol–water partition coefficient (Wildman–Crippen LogP) is 1.65. The van der Waals surface area contributed by atoms with E-state index in [2.05, 4.69) is 5.32 Å². The Morgan fingerprint density at radius 1 is 1.44 bits per heavy atom. The van der Waals surface area contributed by atoms with Gasteiger partial charge in [0, 0.05) is 0 Å². The number of hydrogen-bond donors (Lipinski definition) is 2. The molecule has 18 heavy (non-hydrogen) atoms. The number of amides is 1. The van der Waals surface area contributed by atoms with E-state index < -0.39 is 5.54 Å². The van der Waals surface area contributed by atoms with Crippen LogP contribution in [0.1, 0.15) is 25.8 Å². The molecule has 0 radical (unpaired) electrons. The minimum atomic E-state index is -0.583. The molecule has 0 aliphatic carbocycles. The highest BCUT2D eigenvalue weighted by Gasteiger charge is 2.18. The summed E-state index contributed by atoms with van der Waals surface area (Å²) >= 11 is 0. The van der Waals surface area contributed by atoms with Crippen LogP contribution in [-0.4, -0.2) is 29.8 Å². The zero-order valence-corrected chi connectivity index (χ0v) is 11.2. The molecule has 0 fully saturated rings. The summed E-state index contributed by atoms with van der Waals surface area (Å²) in [6.45, 7) is 5.77. The number of aryl methyl sites for hydroxylation is 1. The second kappa shape index (κ2) is 6.40. The van der Waals surface area contributed by atoms with E-state index in [0.29, 0.717) is 6.61 Å². The average Bonchev–Trinajstić information content (AvgIpc) is 2.28. The first-order chi connectivity index (χ1) is 8.43. The van der Waals surface area contributed by atoms with Crippen molar-refractivity contribution in [2.75, 3.05) is 13.2 Å². The van der Waals surface area contributed by atoms with Crippen LogP contribution < -0.4 is 10.1 Å². The normalized spacial score (nSPS) is 11.1. The number of rotatable bonds is 6. The lowest BCUT2D eigenvalue weighted by Gasteiger charge is -2.23. The molecule has 0 aromatic heterocycles. The molecule has 0 saturated carbocycles. The third-order valence-corrected chi connectivity index (χ3v) is 2.46. The van der Waals surface area contributed by atoms with Gasteiger partial charge in [0.1, 0.15) is 5.75 Å². The number of aliphatic hydroxyl groups excluding tert-OH is 1. The molecule has 0 atom stereocenters. The molecule has 1 rings (SSSR count). The van der Waals surface area contributed by atoms with E-state index in [1.54, 1.807) is 13.8 Å². The van der Waals surface area contributed by atoms with Gasteiger partial charge < -0.3 is 15.2 Å². The van der Waals surface area contributed by atoms with E-state index in [1.807, 2.05) is 31.2 Å². The van der Waals surface area contributed by atoms with E-state index in [-0.39, 0.29) is 18.9 Å². The van der Waals surface area contributed by atoms with Crippen LogP contribution in [0.25, 0.3) is 0 Å². The maximum atomic E-state index is 11.6.